The van der Waals surface area contributed by atoms with Crippen LogP contribution < -0.4 is 0 Å². The van der Waals surface area contributed by atoms with Crippen molar-refractivity contribution >= 4 is 27.6 Å². The lowest BCUT2D eigenvalue weighted by molar-refractivity contribution is -0.0772. The number of pyridine rings is 1. The predicted octanol–water partition coefficient (Wildman–Crippen LogP) is 2.72. The summed E-state index contributed by atoms with van der Waals surface area (Å²) in [6.45, 7) is 5.48. The smallest absolute Gasteiger partial charge is 0.283 e. The molecule has 1 amide bonds. The molecule has 0 radical (unpaired) electrons. The van der Waals surface area contributed by atoms with E-state index in [9.17, 15) is 4.79 Å². The number of ether oxygens (including phenoxy) is 1. The van der Waals surface area contributed by atoms with Crippen molar-refractivity contribution in [1.82, 2.24) is 14.9 Å². The Hall–Kier alpha value is -1.53. The van der Waals surface area contributed by atoms with Gasteiger partial charge in [0.15, 0.2) is 5.01 Å². The highest BCUT2D eigenvalue weighted by molar-refractivity contribution is 7.19. The number of nitrogens with zero attached hydrogens (tertiary/aromatic N) is 3. The Morgan fingerprint density at radius 1 is 1.38 bits per heavy atom. The zero-order chi connectivity index (χ0) is 14.8. The molecule has 1 fully saturated rings. The molecule has 1 aliphatic heterocycles. The van der Waals surface area contributed by atoms with Crippen molar-refractivity contribution in [2.24, 2.45) is 0 Å². The van der Waals surface area contributed by atoms with Crippen LogP contribution in [0, 0.1) is 0 Å². The number of hydrogen-bond donors (Lipinski definition) is 0. The first-order valence-electron chi connectivity index (χ1n) is 7.37. The lowest BCUT2D eigenvalue weighted by Crippen LogP contribution is -2.49. The maximum absolute atomic E-state index is 12.7. The van der Waals surface area contributed by atoms with Gasteiger partial charge >= 0.3 is 0 Å². The fourth-order valence-electron chi connectivity index (χ4n) is 2.54. The van der Waals surface area contributed by atoms with E-state index in [1.807, 2.05) is 17.0 Å². The Morgan fingerprint density at radius 3 is 2.71 bits per heavy atom. The van der Waals surface area contributed by atoms with Gasteiger partial charge in [0, 0.05) is 19.3 Å². The highest BCUT2D eigenvalue weighted by atomic mass is 32.1. The molecule has 0 saturated carbocycles. The molecule has 2 unspecified atom stereocenters. The summed E-state index contributed by atoms with van der Waals surface area (Å²) in [7, 11) is 0. The zero-order valence-electron chi connectivity index (χ0n) is 12.3. The minimum Gasteiger partial charge on any atom is -0.371 e. The van der Waals surface area contributed by atoms with Crippen LogP contribution in [0.2, 0.25) is 0 Å². The molecule has 0 bridgehead atoms. The van der Waals surface area contributed by atoms with Crippen LogP contribution >= 0.6 is 11.3 Å². The zero-order valence-corrected chi connectivity index (χ0v) is 13.1. The fraction of sp³-hybridized carbons (Fsp3) is 0.533. The van der Waals surface area contributed by atoms with E-state index in [1.54, 1.807) is 6.20 Å². The summed E-state index contributed by atoms with van der Waals surface area (Å²) < 4.78 is 5.94. The number of morpholine rings is 1. The number of fused-ring (bicyclic) bond motifs is 1. The van der Waals surface area contributed by atoms with Crippen molar-refractivity contribution in [2.45, 2.75) is 38.9 Å². The van der Waals surface area contributed by atoms with Gasteiger partial charge < -0.3 is 9.64 Å². The van der Waals surface area contributed by atoms with Gasteiger partial charge in [-0.2, -0.15) is 0 Å². The standard InChI is InChI=1S/C15H19N3O2S/c1-3-10-8-18(9-11(4-2)20-10)15(19)14-17-12-6-5-7-16-13(12)21-14/h5-7,10-11H,3-4,8-9H2,1-2H3. The monoisotopic (exact) mass is 305 g/mol. The molecule has 1 saturated heterocycles. The van der Waals surface area contributed by atoms with E-state index in [-0.39, 0.29) is 18.1 Å². The fourth-order valence-corrected chi connectivity index (χ4v) is 3.41. The Kier molecular flexibility index (Phi) is 4.17. The SMILES string of the molecule is CCC1CN(C(=O)c2nc3cccnc3s2)CC(CC)O1. The van der Waals surface area contributed by atoms with Crippen LogP contribution in [-0.4, -0.2) is 46.1 Å². The van der Waals surface area contributed by atoms with E-state index in [0.717, 1.165) is 23.2 Å². The third-order valence-electron chi connectivity index (χ3n) is 3.78. The van der Waals surface area contributed by atoms with Crippen LogP contribution in [0.3, 0.4) is 0 Å². The molecule has 0 aliphatic carbocycles. The number of carbonyl (C=O) groups is 1. The quantitative estimate of drug-likeness (QED) is 0.875. The first-order valence-corrected chi connectivity index (χ1v) is 8.19. The normalized spacial score (nSPS) is 22.7. The summed E-state index contributed by atoms with van der Waals surface area (Å²) in [4.78, 5) is 24.0. The summed E-state index contributed by atoms with van der Waals surface area (Å²) in [6.07, 6.45) is 3.81. The van der Waals surface area contributed by atoms with E-state index < -0.39 is 0 Å². The third kappa shape index (κ3) is 2.91. The van der Waals surface area contributed by atoms with E-state index in [1.165, 1.54) is 11.3 Å². The molecular weight excluding hydrogens is 286 g/mol. The molecule has 0 aromatic carbocycles. The van der Waals surface area contributed by atoms with Crippen molar-refractivity contribution in [1.29, 1.82) is 0 Å². The first kappa shape index (κ1) is 14.4. The van der Waals surface area contributed by atoms with Crippen molar-refractivity contribution in [3.63, 3.8) is 0 Å². The molecule has 2 atom stereocenters. The van der Waals surface area contributed by atoms with Crippen LogP contribution in [0.25, 0.3) is 10.3 Å². The average molecular weight is 305 g/mol. The van der Waals surface area contributed by atoms with Crippen molar-refractivity contribution in [3.8, 4) is 0 Å². The van der Waals surface area contributed by atoms with E-state index in [2.05, 4.69) is 23.8 Å². The van der Waals surface area contributed by atoms with Gasteiger partial charge in [-0.15, -0.1) is 0 Å². The van der Waals surface area contributed by atoms with Gasteiger partial charge in [-0.25, -0.2) is 9.97 Å². The Morgan fingerprint density at radius 2 is 2.10 bits per heavy atom. The van der Waals surface area contributed by atoms with E-state index >= 15 is 0 Å². The van der Waals surface area contributed by atoms with Gasteiger partial charge in [0.25, 0.3) is 5.91 Å². The Labute approximate surface area is 128 Å². The van der Waals surface area contributed by atoms with Crippen LogP contribution in [0.15, 0.2) is 18.3 Å². The molecule has 5 nitrogen and oxygen atoms in total. The number of aromatic nitrogens is 2. The van der Waals surface area contributed by atoms with Gasteiger partial charge in [-0.3, -0.25) is 4.79 Å². The molecular formula is C15H19N3O2S. The van der Waals surface area contributed by atoms with Gasteiger partial charge in [-0.05, 0) is 25.0 Å². The number of thiazole rings is 1. The highest BCUT2D eigenvalue weighted by Crippen LogP contribution is 2.23. The predicted molar refractivity (Wildman–Crippen MR) is 82.6 cm³/mol. The second-order valence-corrected chi connectivity index (χ2v) is 6.23. The van der Waals surface area contributed by atoms with Gasteiger partial charge in [0.1, 0.15) is 10.3 Å². The second-order valence-electron chi connectivity index (χ2n) is 5.25. The number of amides is 1. The van der Waals surface area contributed by atoms with Gasteiger partial charge in [0.05, 0.1) is 12.2 Å². The minimum atomic E-state index is -0.00167. The van der Waals surface area contributed by atoms with E-state index in [0.29, 0.717) is 18.1 Å². The van der Waals surface area contributed by atoms with Crippen LogP contribution in [-0.2, 0) is 4.74 Å². The minimum absolute atomic E-state index is 0.00167. The van der Waals surface area contributed by atoms with Gasteiger partial charge in [-0.1, -0.05) is 25.2 Å². The summed E-state index contributed by atoms with van der Waals surface area (Å²) in [5.74, 6) is -0.00167. The summed E-state index contributed by atoms with van der Waals surface area (Å²) in [5, 5.41) is 0.523. The van der Waals surface area contributed by atoms with Crippen molar-refractivity contribution in [2.75, 3.05) is 13.1 Å². The largest absolute Gasteiger partial charge is 0.371 e. The summed E-state index contributed by atoms with van der Waals surface area (Å²) in [5.41, 5.74) is 0.790. The first-order chi connectivity index (χ1) is 10.2. The number of carbonyl (C=O) groups excluding carboxylic acids is 1. The number of hydrogen-bond acceptors (Lipinski definition) is 5. The Bertz CT molecular complexity index is 598. The molecule has 2 aromatic rings. The molecule has 3 heterocycles. The molecule has 0 spiro atoms. The number of rotatable bonds is 3. The van der Waals surface area contributed by atoms with Crippen LogP contribution in [0.1, 0.15) is 36.5 Å². The lowest BCUT2D eigenvalue weighted by Gasteiger charge is -2.37. The molecule has 112 valence electrons. The second kappa shape index (κ2) is 6.07. The molecule has 2 aromatic heterocycles. The third-order valence-corrected chi connectivity index (χ3v) is 4.75. The molecule has 1 aliphatic rings. The van der Waals surface area contributed by atoms with Gasteiger partial charge in [0.2, 0.25) is 0 Å². The topological polar surface area (TPSA) is 55.3 Å². The highest BCUT2D eigenvalue weighted by Gasteiger charge is 2.30. The summed E-state index contributed by atoms with van der Waals surface area (Å²) >= 11 is 1.36. The average Bonchev–Trinajstić information content (AvgIpc) is 2.97. The van der Waals surface area contributed by atoms with Crippen molar-refractivity contribution in [3.05, 3.63) is 23.3 Å². The maximum atomic E-state index is 12.7. The summed E-state index contributed by atoms with van der Waals surface area (Å²) in [6, 6.07) is 3.73. The lowest BCUT2D eigenvalue weighted by atomic mass is 10.1. The molecule has 0 N–H and O–H groups in total. The van der Waals surface area contributed by atoms with E-state index in [4.69, 9.17) is 4.74 Å². The molecule has 21 heavy (non-hydrogen) atoms. The van der Waals surface area contributed by atoms with Crippen molar-refractivity contribution < 1.29 is 9.53 Å². The molecule has 6 heteroatoms. The Balaban J connectivity index is 1.83. The maximum Gasteiger partial charge on any atom is 0.283 e. The van der Waals surface area contributed by atoms with Crippen LogP contribution in [0.4, 0.5) is 0 Å². The van der Waals surface area contributed by atoms with Crippen LogP contribution in [0.5, 0.6) is 0 Å². The molecule has 3 rings (SSSR count).